The van der Waals surface area contributed by atoms with E-state index in [0.717, 1.165) is 12.1 Å². The van der Waals surface area contributed by atoms with Crippen LogP contribution in [0.3, 0.4) is 0 Å². The second-order valence-corrected chi connectivity index (χ2v) is 4.13. The molecule has 2 rings (SSSR count). The van der Waals surface area contributed by atoms with Gasteiger partial charge in [-0.05, 0) is 37.0 Å². The first-order valence-electron chi connectivity index (χ1n) is 5.27. The average Bonchev–Trinajstić information content (AvgIpc) is 2.08. The molecule has 1 aliphatic rings. The Kier molecular flexibility index (Phi) is 2.73. The van der Waals surface area contributed by atoms with Crippen molar-refractivity contribution in [1.29, 1.82) is 0 Å². The summed E-state index contributed by atoms with van der Waals surface area (Å²) < 4.78 is 0. The van der Waals surface area contributed by atoms with Gasteiger partial charge in [0.15, 0.2) is 0 Å². The van der Waals surface area contributed by atoms with Gasteiger partial charge in [0, 0.05) is 12.6 Å². The molecule has 0 heterocycles. The van der Waals surface area contributed by atoms with Gasteiger partial charge in [-0.1, -0.05) is 18.6 Å². The highest BCUT2D eigenvalue weighted by atomic mass is 16.3. The van der Waals surface area contributed by atoms with Crippen LogP contribution in [0.5, 0.6) is 5.75 Å². The zero-order valence-electron chi connectivity index (χ0n) is 8.59. The minimum atomic E-state index is 0.401. The summed E-state index contributed by atoms with van der Waals surface area (Å²) in [4.78, 5) is 0. The Hall–Kier alpha value is -1.02. The van der Waals surface area contributed by atoms with E-state index in [1.54, 1.807) is 0 Å². The lowest BCUT2D eigenvalue weighted by atomic mass is 9.93. The van der Waals surface area contributed by atoms with Crippen molar-refractivity contribution in [2.45, 2.75) is 38.8 Å². The standard InChI is InChI=1S/C12H17NO/c1-9-5-6-10(7-12(9)14)8-13-11-3-2-4-11/h5-7,11,13-14H,2-4,8H2,1H3. The summed E-state index contributed by atoms with van der Waals surface area (Å²) in [6.45, 7) is 2.79. The molecule has 1 aromatic carbocycles. The highest BCUT2D eigenvalue weighted by molar-refractivity contribution is 5.35. The number of phenolic OH excluding ortho intramolecular Hbond substituents is 1. The van der Waals surface area contributed by atoms with E-state index in [9.17, 15) is 5.11 Å². The van der Waals surface area contributed by atoms with E-state index in [4.69, 9.17) is 0 Å². The van der Waals surface area contributed by atoms with Crippen LogP contribution in [-0.2, 0) is 6.54 Å². The number of benzene rings is 1. The molecule has 76 valence electrons. The number of nitrogens with one attached hydrogen (secondary N) is 1. The Labute approximate surface area is 85.0 Å². The predicted molar refractivity (Wildman–Crippen MR) is 57.3 cm³/mol. The molecule has 1 aromatic rings. The van der Waals surface area contributed by atoms with Crippen molar-refractivity contribution in [3.05, 3.63) is 29.3 Å². The molecule has 0 saturated heterocycles. The van der Waals surface area contributed by atoms with Gasteiger partial charge in [-0.25, -0.2) is 0 Å². The highest BCUT2D eigenvalue weighted by Crippen LogP contribution is 2.20. The van der Waals surface area contributed by atoms with Gasteiger partial charge in [0.1, 0.15) is 5.75 Å². The maximum absolute atomic E-state index is 9.51. The fourth-order valence-corrected chi connectivity index (χ4v) is 1.64. The predicted octanol–water partition coefficient (Wildman–Crippen LogP) is 2.34. The Bertz CT molecular complexity index is 318. The molecule has 0 amide bonds. The van der Waals surface area contributed by atoms with Gasteiger partial charge >= 0.3 is 0 Å². The summed E-state index contributed by atoms with van der Waals surface area (Å²) in [5, 5.41) is 13.0. The molecule has 2 N–H and O–H groups in total. The quantitative estimate of drug-likeness (QED) is 0.768. The van der Waals surface area contributed by atoms with Crippen LogP contribution in [0.1, 0.15) is 30.4 Å². The summed E-state index contributed by atoms with van der Waals surface area (Å²) in [7, 11) is 0. The smallest absolute Gasteiger partial charge is 0.118 e. The maximum atomic E-state index is 9.51. The third-order valence-electron chi connectivity index (χ3n) is 2.97. The molecule has 2 heteroatoms. The number of hydrogen-bond acceptors (Lipinski definition) is 2. The molecule has 0 atom stereocenters. The fraction of sp³-hybridized carbons (Fsp3) is 0.500. The third kappa shape index (κ3) is 2.07. The maximum Gasteiger partial charge on any atom is 0.118 e. The van der Waals surface area contributed by atoms with Crippen LogP contribution in [0.2, 0.25) is 0 Å². The molecule has 0 spiro atoms. The summed E-state index contributed by atoms with van der Waals surface area (Å²) in [5.74, 6) is 0.401. The first kappa shape index (κ1) is 9.53. The Morgan fingerprint density at radius 1 is 1.43 bits per heavy atom. The van der Waals surface area contributed by atoms with Crippen LogP contribution in [0.4, 0.5) is 0 Å². The summed E-state index contributed by atoms with van der Waals surface area (Å²) in [5.41, 5.74) is 2.11. The van der Waals surface area contributed by atoms with Crippen LogP contribution in [0.15, 0.2) is 18.2 Å². The van der Waals surface area contributed by atoms with E-state index < -0.39 is 0 Å². The Morgan fingerprint density at radius 3 is 2.79 bits per heavy atom. The first-order chi connectivity index (χ1) is 6.75. The van der Waals surface area contributed by atoms with E-state index in [1.165, 1.54) is 24.8 Å². The molecule has 0 bridgehead atoms. The van der Waals surface area contributed by atoms with Crippen LogP contribution >= 0.6 is 0 Å². The number of hydrogen-bond donors (Lipinski definition) is 2. The second kappa shape index (κ2) is 4.01. The molecule has 0 unspecified atom stereocenters. The van der Waals surface area contributed by atoms with Crippen molar-refractivity contribution in [2.75, 3.05) is 0 Å². The molecular weight excluding hydrogens is 174 g/mol. The topological polar surface area (TPSA) is 32.3 Å². The Morgan fingerprint density at radius 2 is 2.21 bits per heavy atom. The lowest BCUT2D eigenvalue weighted by molar-refractivity contribution is 0.338. The van der Waals surface area contributed by atoms with Crippen molar-refractivity contribution in [3.8, 4) is 5.75 Å². The molecule has 0 aromatic heterocycles. The van der Waals surface area contributed by atoms with E-state index in [2.05, 4.69) is 11.4 Å². The monoisotopic (exact) mass is 191 g/mol. The van der Waals surface area contributed by atoms with E-state index in [-0.39, 0.29) is 0 Å². The lowest BCUT2D eigenvalue weighted by Crippen LogP contribution is -2.34. The van der Waals surface area contributed by atoms with Gasteiger partial charge in [0.2, 0.25) is 0 Å². The number of aryl methyl sites for hydroxylation is 1. The van der Waals surface area contributed by atoms with Crippen LogP contribution in [0, 0.1) is 6.92 Å². The van der Waals surface area contributed by atoms with Gasteiger partial charge < -0.3 is 10.4 Å². The van der Waals surface area contributed by atoms with Gasteiger partial charge in [-0.2, -0.15) is 0 Å². The van der Waals surface area contributed by atoms with Crippen LogP contribution < -0.4 is 5.32 Å². The second-order valence-electron chi connectivity index (χ2n) is 4.13. The molecule has 1 saturated carbocycles. The normalized spacial score (nSPS) is 16.6. The van der Waals surface area contributed by atoms with Crippen molar-refractivity contribution in [3.63, 3.8) is 0 Å². The van der Waals surface area contributed by atoms with Crippen molar-refractivity contribution >= 4 is 0 Å². The minimum absolute atomic E-state index is 0.401. The minimum Gasteiger partial charge on any atom is -0.508 e. The van der Waals surface area contributed by atoms with Gasteiger partial charge in [0.05, 0.1) is 0 Å². The van der Waals surface area contributed by atoms with Crippen molar-refractivity contribution in [2.24, 2.45) is 0 Å². The highest BCUT2D eigenvalue weighted by Gasteiger charge is 2.15. The Balaban J connectivity index is 1.91. The number of rotatable bonds is 3. The third-order valence-corrected chi connectivity index (χ3v) is 2.97. The molecular formula is C12H17NO. The molecule has 1 aliphatic carbocycles. The van der Waals surface area contributed by atoms with E-state index in [0.29, 0.717) is 11.8 Å². The molecule has 2 nitrogen and oxygen atoms in total. The molecule has 14 heavy (non-hydrogen) atoms. The molecule has 0 radical (unpaired) electrons. The van der Waals surface area contributed by atoms with Crippen molar-refractivity contribution < 1.29 is 5.11 Å². The molecule has 1 fully saturated rings. The van der Waals surface area contributed by atoms with Gasteiger partial charge in [-0.15, -0.1) is 0 Å². The number of phenols is 1. The SMILES string of the molecule is Cc1ccc(CNC2CCC2)cc1O. The summed E-state index contributed by atoms with van der Waals surface area (Å²) in [6.07, 6.45) is 3.96. The largest absolute Gasteiger partial charge is 0.508 e. The fourth-order valence-electron chi connectivity index (χ4n) is 1.64. The molecule has 0 aliphatic heterocycles. The zero-order valence-corrected chi connectivity index (χ0v) is 8.59. The van der Waals surface area contributed by atoms with Crippen LogP contribution in [-0.4, -0.2) is 11.1 Å². The lowest BCUT2D eigenvalue weighted by Gasteiger charge is -2.26. The summed E-state index contributed by atoms with van der Waals surface area (Å²) in [6, 6.07) is 6.59. The van der Waals surface area contributed by atoms with Gasteiger partial charge in [0.25, 0.3) is 0 Å². The van der Waals surface area contributed by atoms with Crippen LogP contribution in [0.25, 0.3) is 0 Å². The zero-order chi connectivity index (χ0) is 9.97. The van der Waals surface area contributed by atoms with E-state index in [1.807, 2.05) is 19.1 Å². The first-order valence-corrected chi connectivity index (χ1v) is 5.27. The van der Waals surface area contributed by atoms with Gasteiger partial charge in [-0.3, -0.25) is 0 Å². The van der Waals surface area contributed by atoms with Crippen molar-refractivity contribution in [1.82, 2.24) is 5.32 Å². The average molecular weight is 191 g/mol. The number of aromatic hydroxyl groups is 1. The van der Waals surface area contributed by atoms with E-state index >= 15 is 0 Å². The summed E-state index contributed by atoms with van der Waals surface area (Å²) >= 11 is 0.